The number of hydrogen-bond acceptors (Lipinski definition) is 5. The molecule has 2 N–H and O–H groups in total. The van der Waals surface area contributed by atoms with Gasteiger partial charge in [0.25, 0.3) is 0 Å². The first-order chi connectivity index (χ1) is 14.6. The van der Waals surface area contributed by atoms with Gasteiger partial charge in [0.05, 0.1) is 23.1 Å². The molecular formula is C23H22Cl2N4S. The fourth-order valence-corrected chi connectivity index (χ4v) is 6.17. The first-order valence-corrected chi connectivity index (χ1v) is 11.8. The molecule has 1 unspecified atom stereocenters. The van der Waals surface area contributed by atoms with Gasteiger partial charge in [0.1, 0.15) is 10.2 Å². The number of pyridine rings is 1. The number of aromatic nitrogens is 3. The van der Waals surface area contributed by atoms with Gasteiger partial charge in [0, 0.05) is 23.1 Å². The molecule has 0 bridgehead atoms. The number of nitrogens with two attached hydrogens (primary N) is 1. The zero-order valence-electron chi connectivity index (χ0n) is 16.4. The SMILES string of the molecule is NC1c2ccccc2C[C@]12CC[C@H](c1cnc(Sc3ccnc(Cl)c3Cl)cn1)CC2. The van der Waals surface area contributed by atoms with E-state index in [0.717, 1.165) is 47.7 Å². The van der Waals surface area contributed by atoms with E-state index in [9.17, 15) is 0 Å². The molecule has 7 heteroatoms. The third kappa shape index (κ3) is 3.62. The maximum absolute atomic E-state index is 6.70. The number of hydrogen-bond donors (Lipinski definition) is 1. The van der Waals surface area contributed by atoms with E-state index in [0.29, 0.717) is 16.1 Å². The molecule has 1 aromatic carbocycles. The van der Waals surface area contributed by atoms with E-state index in [1.807, 2.05) is 18.5 Å². The number of benzene rings is 1. The number of halogens is 2. The van der Waals surface area contributed by atoms with Crippen LogP contribution in [0.25, 0.3) is 0 Å². The molecule has 0 saturated heterocycles. The van der Waals surface area contributed by atoms with Crippen LogP contribution < -0.4 is 5.73 Å². The minimum atomic E-state index is 0.149. The van der Waals surface area contributed by atoms with Gasteiger partial charge >= 0.3 is 0 Å². The first kappa shape index (κ1) is 20.3. The monoisotopic (exact) mass is 456 g/mol. The third-order valence-electron chi connectivity index (χ3n) is 6.67. The van der Waals surface area contributed by atoms with Gasteiger partial charge < -0.3 is 5.73 Å². The predicted molar refractivity (Wildman–Crippen MR) is 121 cm³/mol. The van der Waals surface area contributed by atoms with Crippen LogP contribution in [0.5, 0.6) is 0 Å². The Labute approximate surface area is 190 Å². The Morgan fingerprint density at radius 1 is 1.00 bits per heavy atom. The predicted octanol–water partition coefficient (Wildman–Crippen LogP) is 6.23. The van der Waals surface area contributed by atoms with E-state index in [2.05, 4.69) is 34.2 Å². The zero-order chi connectivity index (χ0) is 20.7. The summed E-state index contributed by atoms with van der Waals surface area (Å²) in [6, 6.07) is 10.6. The van der Waals surface area contributed by atoms with Crippen LogP contribution in [-0.2, 0) is 6.42 Å². The van der Waals surface area contributed by atoms with Crippen molar-refractivity contribution < 1.29 is 0 Å². The second kappa shape index (κ2) is 8.12. The number of rotatable bonds is 3. The van der Waals surface area contributed by atoms with E-state index < -0.39 is 0 Å². The van der Waals surface area contributed by atoms with E-state index in [-0.39, 0.29) is 11.5 Å². The lowest BCUT2D eigenvalue weighted by atomic mass is 9.66. The first-order valence-electron chi connectivity index (χ1n) is 10.2. The Morgan fingerprint density at radius 3 is 2.53 bits per heavy atom. The van der Waals surface area contributed by atoms with Crippen molar-refractivity contribution >= 4 is 35.0 Å². The van der Waals surface area contributed by atoms with Gasteiger partial charge in [0.2, 0.25) is 0 Å². The van der Waals surface area contributed by atoms with Crippen LogP contribution in [0.1, 0.15) is 54.5 Å². The molecule has 1 fully saturated rings. The highest BCUT2D eigenvalue weighted by Crippen LogP contribution is 2.55. The zero-order valence-corrected chi connectivity index (χ0v) is 18.7. The van der Waals surface area contributed by atoms with Gasteiger partial charge in [-0.05, 0) is 54.7 Å². The highest BCUT2D eigenvalue weighted by Gasteiger charge is 2.46. The van der Waals surface area contributed by atoms with Crippen molar-refractivity contribution in [1.82, 2.24) is 15.0 Å². The summed E-state index contributed by atoms with van der Waals surface area (Å²) < 4.78 is 0. The fourth-order valence-electron chi connectivity index (χ4n) is 4.98. The van der Waals surface area contributed by atoms with E-state index in [1.54, 1.807) is 6.20 Å². The largest absolute Gasteiger partial charge is 0.323 e. The second-order valence-corrected chi connectivity index (χ2v) is 10.1. The van der Waals surface area contributed by atoms with Gasteiger partial charge in [0.15, 0.2) is 0 Å². The summed E-state index contributed by atoms with van der Waals surface area (Å²) in [6.07, 6.45) is 11.0. The molecule has 2 aliphatic carbocycles. The van der Waals surface area contributed by atoms with Crippen molar-refractivity contribution in [1.29, 1.82) is 0 Å². The van der Waals surface area contributed by atoms with E-state index in [1.165, 1.54) is 22.9 Å². The molecule has 0 aliphatic heterocycles. The molecule has 2 aliphatic rings. The Hall–Kier alpha value is -1.66. The maximum atomic E-state index is 6.70. The van der Waals surface area contributed by atoms with Crippen molar-refractivity contribution in [3.05, 3.63) is 75.9 Å². The van der Waals surface area contributed by atoms with Crippen LogP contribution in [0.3, 0.4) is 0 Å². The van der Waals surface area contributed by atoms with E-state index in [4.69, 9.17) is 33.9 Å². The van der Waals surface area contributed by atoms with Crippen LogP contribution in [0.2, 0.25) is 10.2 Å². The summed E-state index contributed by atoms with van der Waals surface area (Å²) in [5.41, 5.74) is 10.7. The van der Waals surface area contributed by atoms with Crippen molar-refractivity contribution in [3.63, 3.8) is 0 Å². The highest BCUT2D eigenvalue weighted by atomic mass is 35.5. The molecule has 4 nitrogen and oxygen atoms in total. The molecule has 5 rings (SSSR count). The lowest BCUT2D eigenvalue weighted by molar-refractivity contribution is 0.148. The minimum absolute atomic E-state index is 0.149. The summed E-state index contributed by atoms with van der Waals surface area (Å²) in [5, 5.41) is 1.54. The van der Waals surface area contributed by atoms with Crippen molar-refractivity contribution in [2.75, 3.05) is 0 Å². The molecule has 1 saturated carbocycles. The van der Waals surface area contributed by atoms with Gasteiger partial charge in [-0.25, -0.2) is 9.97 Å². The molecule has 2 heterocycles. The number of nitrogens with zero attached hydrogens (tertiary/aromatic N) is 3. The maximum Gasteiger partial charge on any atom is 0.148 e. The van der Waals surface area contributed by atoms with Crippen LogP contribution in [-0.4, -0.2) is 15.0 Å². The second-order valence-electron chi connectivity index (χ2n) is 8.29. The summed E-state index contributed by atoms with van der Waals surface area (Å²) in [7, 11) is 0. The summed E-state index contributed by atoms with van der Waals surface area (Å²) in [5.74, 6) is 0.442. The van der Waals surface area contributed by atoms with Gasteiger partial charge in [-0.15, -0.1) is 0 Å². The van der Waals surface area contributed by atoms with Crippen LogP contribution >= 0.6 is 35.0 Å². The van der Waals surface area contributed by atoms with Crippen LogP contribution in [0.15, 0.2) is 58.8 Å². The Balaban J connectivity index is 1.26. The lowest BCUT2D eigenvalue weighted by Crippen LogP contribution is -2.35. The molecule has 0 amide bonds. The molecule has 30 heavy (non-hydrogen) atoms. The van der Waals surface area contributed by atoms with E-state index >= 15 is 0 Å². The normalized spacial score (nSPS) is 25.4. The topological polar surface area (TPSA) is 64.7 Å². The third-order valence-corrected chi connectivity index (χ3v) is 8.52. The standard InChI is InChI=1S/C23H22Cl2N4S/c24-20-18(7-10-27-22(20)25)30-19-13-28-17(12-29-19)14-5-8-23(9-6-14)11-15-3-1-2-4-16(15)21(23)26/h1-4,7,10,12-14,21H,5-6,8-9,11,26H2/t14-,21?,23+. The fraction of sp³-hybridized carbons (Fsp3) is 0.348. The van der Waals surface area contributed by atoms with Crippen LogP contribution in [0.4, 0.5) is 0 Å². The summed E-state index contributed by atoms with van der Waals surface area (Å²) in [6.45, 7) is 0. The summed E-state index contributed by atoms with van der Waals surface area (Å²) in [4.78, 5) is 14.1. The highest BCUT2D eigenvalue weighted by molar-refractivity contribution is 7.99. The van der Waals surface area contributed by atoms with Gasteiger partial charge in [-0.2, -0.15) is 0 Å². The summed E-state index contributed by atoms with van der Waals surface area (Å²) >= 11 is 13.7. The smallest absolute Gasteiger partial charge is 0.148 e. The Morgan fingerprint density at radius 2 is 1.80 bits per heavy atom. The molecule has 154 valence electrons. The van der Waals surface area contributed by atoms with Crippen molar-refractivity contribution in [2.24, 2.45) is 11.1 Å². The molecule has 1 spiro atoms. The quantitative estimate of drug-likeness (QED) is 0.473. The lowest BCUT2D eigenvalue weighted by Gasteiger charge is -2.40. The molecule has 1 atom stereocenters. The molecule has 2 aromatic heterocycles. The van der Waals surface area contributed by atoms with Crippen molar-refractivity contribution in [2.45, 2.75) is 54.0 Å². The average molecular weight is 457 g/mol. The minimum Gasteiger partial charge on any atom is -0.323 e. The van der Waals surface area contributed by atoms with Gasteiger partial charge in [-0.3, -0.25) is 4.98 Å². The Kier molecular flexibility index (Phi) is 5.48. The van der Waals surface area contributed by atoms with Gasteiger partial charge in [-0.1, -0.05) is 59.2 Å². The molecular weight excluding hydrogens is 435 g/mol. The molecule has 0 radical (unpaired) electrons. The number of fused-ring (bicyclic) bond motifs is 1. The Bertz CT molecular complexity index is 1070. The van der Waals surface area contributed by atoms with Crippen molar-refractivity contribution in [3.8, 4) is 0 Å². The van der Waals surface area contributed by atoms with Crippen LogP contribution in [0, 0.1) is 5.41 Å². The molecule has 3 aromatic rings. The average Bonchev–Trinajstić information content (AvgIpc) is 3.04.